The van der Waals surface area contributed by atoms with Crippen LogP contribution in [0.4, 0.5) is 10.1 Å². The molecule has 0 atom stereocenters. The average molecular weight is 234 g/mol. The number of furan rings is 1. The number of carbonyl (C=O) groups excluding carboxylic acids is 1. The number of hydrogen-bond acceptors (Lipinski definition) is 3. The Hall–Kier alpha value is -2.30. The molecule has 17 heavy (non-hydrogen) atoms. The molecule has 3 N–H and O–H groups in total. The summed E-state index contributed by atoms with van der Waals surface area (Å²) < 4.78 is 18.2. The van der Waals surface area contributed by atoms with Crippen molar-refractivity contribution in [3.63, 3.8) is 0 Å². The second-order valence-electron chi connectivity index (χ2n) is 3.55. The summed E-state index contributed by atoms with van der Waals surface area (Å²) in [7, 11) is 0. The van der Waals surface area contributed by atoms with E-state index in [0.717, 1.165) is 5.56 Å². The molecule has 4 nitrogen and oxygen atoms in total. The Kier molecular flexibility index (Phi) is 3.09. The minimum absolute atomic E-state index is 0.0616. The van der Waals surface area contributed by atoms with Gasteiger partial charge in [-0.15, -0.1) is 0 Å². The Morgan fingerprint density at radius 1 is 1.41 bits per heavy atom. The molecule has 0 bridgehead atoms. The third-order valence-electron chi connectivity index (χ3n) is 2.27. The lowest BCUT2D eigenvalue weighted by molar-refractivity contribution is 0.0947. The van der Waals surface area contributed by atoms with Crippen LogP contribution in [0.3, 0.4) is 0 Å². The third-order valence-corrected chi connectivity index (χ3v) is 2.27. The molecule has 0 radical (unpaired) electrons. The van der Waals surface area contributed by atoms with Gasteiger partial charge in [0.25, 0.3) is 5.91 Å². The maximum Gasteiger partial charge on any atom is 0.254 e. The van der Waals surface area contributed by atoms with Crippen LogP contribution in [0.2, 0.25) is 0 Å². The number of anilines is 1. The van der Waals surface area contributed by atoms with Crippen molar-refractivity contribution in [1.82, 2.24) is 5.32 Å². The molecule has 0 unspecified atom stereocenters. The highest BCUT2D eigenvalue weighted by molar-refractivity contribution is 5.95. The number of nitrogen functional groups attached to an aromatic ring is 1. The molecular formula is C12H11FN2O2. The van der Waals surface area contributed by atoms with Gasteiger partial charge in [-0.05, 0) is 24.3 Å². The summed E-state index contributed by atoms with van der Waals surface area (Å²) in [4.78, 5) is 11.7. The molecule has 0 aliphatic carbocycles. The van der Waals surface area contributed by atoms with Gasteiger partial charge in [-0.1, -0.05) is 0 Å². The molecule has 0 saturated heterocycles. The van der Waals surface area contributed by atoms with Crippen LogP contribution in [0.25, 0.3) is 0 Å². The monoisotopic (exact) mass is 234 g/mol. The van der Waals surface area contributed by atoms with Gasteiger partial charge in [0, 0.05) is 17.8 Å². The van der Waals surface area contributed by atoms with E-state index in [0.29, 0.717) is 5.69 Å². The zero-order valence-electron chi connectivity index (χ0n) is 8.94. The van der Waals surface area contributed by atoms with Crippen molar-refractivity contribution in [3.05, 3.63) is 53.7 Å². The SMILES string of the molecule is Nc1ccc(F)c(C(=O)NCc2ccoc2)c1. The molecule has 88 valence electrons. The quantitative estimate of drug-likeness (QED) is 0.797. The van der Waals surface area contributed by atoms with Gasteiger partial charge in [-0.3, -0.25) is 4.79 Å². The molecule has 1 amide bonds. The number of hydrogen-bond donors (Lipinski definition) is 2. The summed E-state index contributed by atoms with van der Waals surface area (Å²) in [6.07, 6.45) is 3.01. The summed E-state index contributed by atoms with van der Waals surface area (Å²) in [5.41, 5.74) is 6.59. The Morgan fingerprint density at radius 2 is 2.24 bits per heavy atom. The summed E-state index contributed by atoms with van der Waals surface area (Å²) in [5.74, 6) is -1.10. The predicted octanol–water partition coefficient (Wildman–Crippen LogP) is 1.93. The van der Waals surface area contributed by atoms with E-state index in [4.69, 9.17) is 10.2 Å². The molecule has 0 spiro atoms. The van der Waals surface area contributed by atoms with Crippen molar-refractivity contribution >= 4 is 11.6 Å². The van der Waals surface area contributed by atoms with E-state index in [1.165, 1.54) is 30.7 Å². The number of nitrogens with one attached hydrogen (secondary N) is 1. The zero-order valence-corrected chi connectivity index (χ0v) is 8.94. The lowest BCUT2D eigenvalue weighted by Crippen LogP contribution is -2.23. The third kappa shape index (κ3) is 2.63. The summed E-state index contributed by atoms with van der Waals surface area (Å²) >= 11 is 0. The van der Waals surface area contributed by atoms with Gasteiger partial charge >= 0.3 is 0 Å². The fraction of sp³-hybridized carbons (Fsp3) is 0.0833. The minimum Gasteiger partial charge on any atom is -0.472 e. The fourth-order valence-electron chi connectivity index (χ4n) is 1.39. The molecule has 2 aromatic rings. The first-order valence-corrected chi connectivity index (χ1v) is 5.01. The maximum absolute atomic E-state index is 13.4. The van der Waals surface area contributed by atoms with E-state index >= 15 is 0 Å². The Bertz CT molecular complexity index is 523. The van der Waals surface area contributed by atoms with Crippen LogP contribution in [0, 0.1) is 5.82 Å². The second kappa shape index (κ2) is 4.69. The van der Waals surface area contributed by atoms with Gasteiger partial charge in [0.2, 0.25) is 0 Å². The normalized spacial score (nSPS) is 10.2. The Labute approximate surface area is 97.2 Å². The molecule has 2 rings (SSSR count). The highest BCUT2D eigenvalue weighted by Gasteiger charge is 2.11. The number of nitrogens with two attached hydrogens (primary N) is 1. The second-order valence-corrected chi connectivity index (χ2v) is 3.55. The van der Waals surface area contributed by atoms with Crippen molar-refractivity contribution < 1.29 is 13.6 Å². The minimum atomic E-state index is -0.594. The molecule has 0 saturated carbocycles. The van der Waals surface area contributed by atoms with Gasteiger partial charge in [0.1, 0.15) is 5.82 Å². The number of carbonyl (C=O) groups is 1. The van der Waals surface area contributed by atoms with Crippen LogP contribution in [-0.4, -0.2) is 5.91 Å². The number of halogens is 1. The number of amides is 1. The maximum atomic E-state index is 13.4. The fourth-order valence-corrected chi connectivity index (χ4v) is 1.39. The first-order valence-electron chi connectivity index (χ1n) is 5.01. The van der Waals surface area contributed by atoms with Gasteiger partial charge in [-0.25, -0.2) is 4.39 Å². The Morgan fingerprint density at radius 3 is 2.94 bits per heavy atom. The molecule has 1 aromatic heterocycles. The largest absolute Gasteiger partial charge is 0.472 e. The number of rotatable bonds is 3. The van der Waals surface area contributed by atoms with E-state index in [2.05, 4.69) is 5.32 Å². The summed E-state index contributed by atoms with van der Waals surface area (Å²) in [6, 6.07) is 5.60. The van der Waals surface area contributed by atoms with Gasteiger partial charge in [-0.2, -0.15) is 0 Å². The highest BCUT2D eigenvalue weighted by atomic mass is 19.1. The van der Waals surface area contributed by atoms with E-state index in [-0.39, 0.29) is 12.1 Å². The van der Waals surface area contributed by atoms with E-state index in [1.54, 1.807) is 6.07 Å². The lowest BCUT2D eigenvalue weighted by atomic mass is 10.1. The highest BCUT2D eigenvalue weighted by Crippen LogP contribution is 2.12. The molecule has 5 heteroatoms. The lowest BCUT2D eigenvalue weighted by Gasteiger charge is -2.05. The molecule has 1 aromatic carbocycles. The van der Waals surface area contributed by atoms with Crippen LogP contribution in [-0.2, 0) is 6.54 Å². The standard InChI is InChI=1S/C12H11FN2O2/c13-11-2-1-9(14)5-10(11)12(16)15-6-8-3-4-17-7-8/h1-5,7H,6,14H2,(H,15,16). The topological polar surface area (TPSA) is 68.3 Å². The summed E-state index contributed by atoms with van der Waals surface area (Å²) in [6.45, 7) is 0.281. The van der Waals surface area contributed by atoms with Crippen LogP contribution in [0.15, 0.2) is 41.2 Å². The zero-order chi connectivity index (χ0) is 12.3. The van der Waals surface area contributed by atoms with Crippen LogP contribution in [0.1, 0.15) is 15.9 Å². The van der Waals surface area contributed by atoms with Gasteiger partial charge < -0.3 is 15.5 Å². The van der Waals surface area contributed by atoms with Gasteiger partial charge in [0.15, 0.2) is 0 Å². The van der Waals surface area contributed by atoms with Crippen molar-refractivity contribution in [3.8, 4) is 0 Å². The van der Waals surface area contributed by atoms with Crippen LogP contribution < -0.4 is 11.1 Å². The molecule has 0 fully saturated rings. The van der Waals surface area contributed by atoms with E-state index < -0.39 is 11.7 Å². The van der Waals surface area contributed by atoms with Crippen molar-refractivity contribution in [2.24, 2.45) is 0 Å². The van der Waals surface area contributed by atoms with Crippen molar-refractivity contribution in [1.29, 1.82) is 0 Å². The van der Waals surface area contributed by atoms with E-state index in [1.807, 2.05) is 0 Å². The predicted molar refractivity (Wildman–Crippen MR) is 60.7 cm³/mol. The number of benzene rings is 1. The van der Waals surface area contributed by atoms with Crippen molar-refractivity contribution in [2.75, 3.05) is 5.73 Å². The molecule has 1 heterocycles. The smallest absolute Gasteiger partial charge is 0.254 e. The summed E-state index contributed by atoms with van der Waals surface area (Å²) in [5, 5.41) is 2.57. The van der Waals surface area contributed by atoms with Crippen LogP contribution >= 0.6 is 0 Å². The molecule has 0 aliphatic rings. The Balaban J connectivity index is 2.07. The first-order chi connectivity index (χ1) is 8.16. The van der Waals surface area contributed by atoms with Crippen molar-refractivity contribution in [2.45, 2.75) is 6.54 Å². The van der Waals surface area contributed by atoms with Crippen LogP contribution in [0.5, 0.6) is 0 Å². The molecular weight excluding hydrogens is 223 g/mol. The average Bonchev–Trinajstić information content (AvgIpc) is 2.82. The molecule has 0 aliphatic heterocycles. The van der Waals surface area contributed by atoms with E-state index in [9.17, 15) is 9.18 Å². The van der Waals surface area contributed by atoms with Gasteiger partial charge in [0.05, 0.1) is 18.1 Å². The first kappa shape index (κ1) is 11.2.